The third-order valence-corrected chi connectivity index (χ3v) is 4.43. The number of amides is 1. The minimum absolute atomic E-state index is 0.227. The van der Waals surface area contributed by atoms with Crippen molar-refractivity contribution in [3.05, 3.63) is 77.1 Å². The van der Waals surface area contributed by atoms with Gasteiger partial charge >= 0.3 is 0 Å². The summed E-state index contributed by atoms with van der Waals surface area (Å²) in [4.78, 5) is 21.0. The van der Waals surface area contributed by atoms with E-state index in [1.807, 2.05) is 31.2 Å². The van der Waals surface area contributed by atoms with Crippen LogP contribution in [0.1, 0.15) is 40.9 Å². The highest BCUT2D eigenvalue weighted by molar-refractivity contribution is 6.03. The highest BCUT2D eigenvalue weighted by Crippen LogP contribution is 2.25. The van der Waals surface area contributed by atoms with E-state index in [9.17, 15) is 4.79 Å². The van der Waals surface area contributed by atoms with Gasteiger partial charge in [0.25, 0.3) is 5.91 Å². The van der Waals surface area contributed by atoms with E-state index >= 15 is 0 Å². The molecule has 5 heteroatoms. The van der Waals surface area contributed by atoms with Crippen LogP contribution in [-0.2, 0) is 12.8 Å². The molecule has 138 valence electrons. The third-order valence-electron chi connectivity index (χ3n) is 4.43. The van der Waals surface area contributed by atoms with Crippen molar-refractivity contribution in [3.8, 4) is 0 Å². The monoisotopic (exact) mass is 360 g/mol. The van der Waals surface area contributed by atoms with Crippen molar-refractivity contribution in [2.45, 2.75) is 33.6 Å². The van der Waals surface area contributed by atoms with E-state index in [1.165, 1.54) is 11.1 Å². The number of benzene rings is 2. The van der Waals surface area contributed by atoms with Gasteiger partial charge in [0, 0.05) is 23.8 Å². The summed E-state index contributed by atoms with van der Waals surface area (Å²) in [5, 5.41) is 6.18. The quantitative estimate of drug-likeness (QED) is 0.656. The molecule has 0 unspecified atom stereocenters. The van der Waals surface area contributed by atoms with Crippen LogP contribution in [0.15, 0.2) is 54.9 Å². The molecule has 5 nitrogen and oxygen atoms in total. The Hall–Kier alpha value is -3.21. The minimum atomic E-state index is -0.227. The molecule has 2 N–H and O–H groups in total. The van der Waals surface area contributed by atoms with Gasteiger partial charge in [-0.15, -0.1) is 0 Å². The number of para-hydroxylation sites is 1. The predicted octanol–water partition coefficient (Wildman–Crippen LogP) is 4.91. The molecule has 0 bridgehead atoms. The number of hydrogen-bond acceptors (Lipinski definition) is 4. The maximum absolute atomic E-state index is 12.4. The van der Waals surface area contributed by atoms with Crippen molar-refractivity contribution in [1.29, 1.82) is 0 Å². The zero-order valence-electron chi connectivity index (χ0n) is 15.9. The van der Waals surface area contributed by atoms with Crippen LogP contribution >= 0.6 is 0 Å². The van der Waals surface area contributed by atoms with E-state index in [0.29, 0.717) is 11.5 Å². The van der Waals surface area contributed by atoms with Gasteiger partial charge in [0.2, 0.25) is 5.95 Å². The largest absolute Gasteiger partial charge is 0.324 e. The summed E-state index contributed by atoms with van der Waals surface area (Å²) in [5.74, 6) is 0.257. The van der Waals surface area contributed by atoms with Gasteiger partial charge in [0.1, 0.15) is 0 Å². The fourth-order valence-electron chi connectivity index (χ4n) is 2.95. The van der Waals surface area contributed by atoms with Gasteiger partial charge in [-0.25, -0.2) is 9.97 Å². The number of rotatable bonds is 6. The number of carbonyl (C=O) groups excluding carboxylic acids is 1. The lowest BCUT2D eigenvalue weighted by molar-refractivity contribution is 0.102. The normalized spacial score (nSPS) is 10.5. The average Bonchev–Trinajstić information content (AvgIpc) is 2.68. The maximum Gasteiger partial charge on any atom is 0.258 e. The first-order valence-electron chi connectivity index (χ1n) is 9.18. The molecule has 1 heterocycles. The lowest BCUT2D eigenvalue weighted by atomic mass is 10.0. The van der Waals surface area contributed by atoms with E-state index in [1.54, 1.807) is 12.4 Å². The Balaban J connectivity index is 1.75. The molecule has 0 saturated heterocycles. The van der Waals surface area contributed by atoms with Crippen molar-refractivity contribution >= 4 is 23.2 Å². The van der Waals surface area contributed by atoms with Crippen LogP contribution in [0.25, 0.3) is 0 Å². The van der Waals surface area contributed by atoms with E-state index in [-0.39, 0.29) is 5.91 Å². The molecule has 0 spiro atoms. The fourth-order valence-corrected chi connectivity index (χ4v) is 2.95. The standard InChI is InChI=1S/C22H24N4O/c1-4-16-9-7-10-17(5-2)20(16)26-22-23-13-18(14-24-22)21(27)25-19-11-6-8-15(3)12-19/h6-14H,4-5H2,1-3H3,(H,25,27)(H,23,24,26). The average molecular weight is 360 g/mol. The van der Waals surface area contributed by atoms with Crippen molar-refractivity contribution in [2.75, 3.05) is 10.6 Å². The summed E-state index contributed by atoms with van der Waals surface area (Å²) in [6.45, 7) is 6.23. The molecule has 0 aliphatic carbocycles. The predicted molar refractivity (Wildman–Crippen MR) is 110 cm³/mol. The summed E-state index contributed by atoms with van der Waals surface area (Å²) in [5.41, 5.74) is 5.76. The topological polar surface area (TPSA) is 66.9 Å². The fraction of sp³-hybridized carbons (Fsp3) is 0.227. The molecule has 1 aromatic heterocycles. The van der Waals surface area contributed by atoms with Gasteiger partial charge in [-0.1, -0.05) is 44.2 Å². The Bertz CT molecular complexity index is 913. The summed E-state index contributed by atoms with van der Waals surface area (Å²) in [7, 11) is 0. The summed E-state index contributed by atoms with van der Waals surface area (Å²) >= 11 is 0. The number of aryl methyl sites for hydroxylation is 3. The van der Waals surface area contributed by atoms with E-state index in [4.69, 9.17) is 0 Å². The Labute approximate surface area is 159 Å². The van der Waals surface area contributed by atoms with E-state index in [0.717, 1.165) is 29.8 Å². The van der Waals surface area contributed by atoms with Crippen LogP contribution in [0.4, 0.5) is 17.3 Å². The number of hydrogen-bond donors (Lipinski definition) is 2. The molecule has 0 fully saturated rings. The Morgan fingerprint density at radius 2 is 1.59 bits per heavy atom. The first kappa shape index (κ1) is 18.6. The minimum Gasteiger partial charge on any atom is -0.324 e. The molecule has 27 heavy (non-hydrogen) atoms. The maximum atomic E-state index is 12.4. The van der Waals surface area contributed by atoms with Crippen LogP contribution in [-0.4, -0.2) is 15.9 Å². The van der Waals surface area contributed by atoms with Crippen LogP contribution in [0.3, 0.4) is 0 Å². The van der Waals surface area contributed by atoms with Crippen molar-refractivity contribution in [2.24, 2.45) is 0 Å². The molecule has 0 saturated carbocycles. The second kappa shape index (κ2) is 8.45. The number of carbonyl (C=O) groups is 1. The SMILES string of the molecule is CCc1cccc(CC)c1Nc1ncc(C(=O)Nc2cccc(C)c2)cn1. The Morgan fingerprint density at radius 1 is 0.963 bits per heavy atom. The number of anilines is 3. The highest BCUT2D eigenvalue weighted by Gasteiger charge is 2.10. The van der Waals surface area contributed by atoms with Crippen molar-refractivity contribution < 1.29 is 4.79 Å². The summed E-state index contributed by atoms with van der Waals surface area (Å²) in [6.07, 6.45) is 4.93. The van der Waals surface area contributed by atoms with Gasteiger partial charge in [-0.2, -0.15) is 0 Å². The van der Waals surface area contributed by atoms with Crippen LogP contribution in [0.2, 0.25) is 0 Å². The first-order chi connectivity index (χ1) is 13.1. The molecule has 0 aliphatic heterocycles. The number of aromatic nitrogens is 2. The second-order valence-corrected chi connectivity index (χ2v) is 6.40. The van der Waals surface area contributed by atoms with Crippen molar-refractivity contribution in [3.63, 3.8) is 0 Å². The zero-order chi connectivity index (χ0) is 19.2. The van der Waals surface area contributed by atoms with Gasteiger partial charge < -0.3 is 10.6 Å². The Morgan fingerprint density at radius 3 is 2.19 bits per heavy atom. The lowest BCUT2D eigenvalue weighted by Gasteiger charge is -2.14. The van der Waals surface area contributed by atoms with E-state index in [2.05, 4.69) is 52.6 Å². The molecule has 0 atom stereocenters. The number of nitrogens with one attached hydrogen (secondary N) is 2. The molecular formula is C22H24N4O. The van der Waals surface area contributed by atoms with Crippen LogP contribution in [0, 0.1) is 6.92 Å². The second-order valence-electron chi connectivity index (χ2n) is 6.40. The smallest absolute Gasteiger partial charge is 0.258 e. The molecule has 3 aromatic rings. The van der Waals surface area contributed by atoms with Crippen LogP contribution < -0.4 is 10.6 Å². The van der Waals surface area contributed by atoms with Gasteiger partial charge in [-0.3, -0.25) is 4.79 Å². The lowest BCUT2D eigenvalue weighted by Crippen LogP contribution is -2.13. The highest BCUT2D eigenvalue weighted by atomic mass is 16.1. The third kappa shape index (κ3) is 4.50. The number of nitrogens with zero attached hydrogens (tertiary/aromatic N) is 2. The molecule has 1 amide bonds. The van der Waals surface area contributed by atoms with Crippen LogP contribution in [0.5, 0.6) is 0 Å². The first-order valence-corrected chi connectivity index (χ1v) is 9.18. The molecular weight excluding hydrogens is 336 g/mol. The molecule has 3 rings (SSSR count). The summed E-state index contributed by atoms with van der Waals surface area (Å²) < 4.78 is 0. The molecule has 0 radical (unpaired) electrons. The Kier molecular flexibility index (Phi) is 5.81. The van der Waals surface area contributed by atoms with Gasteiger partial charge in [-0.05, 0) is 48.6 Å². The van der Waals surface area contributed by atoms with Gasteiger partial charge in [0.05, 0.1) is 5.56 Å². The molecule has 0 aliphatic rings. The van der Waals surface area contributed by atoms with Crippen molar-refractivity contribution in [1.82, 2.24) is 9.97 Å². The molecule has 2 aromatic carbocycles. The zero-order valence-corrected chi connectivity index (χ0v) is 15.9. The van der Waals surface area contributed by atoms with E-state index < -0.39 is 0 Å². The van der Waals surface area contributed by atoms with Gasteiger partial charge in [0.15, 0.2) is 0 Å². The summed E-state index contributed by atoms with van der Waals surface area (Å²) in [6, 6.07) is 13.9.